The van der Waals surface area contributed by atoms with Crippen molar-refractivity contribution in [1.82, 2.24) is 54.5 Å². The highest BCUT2D eigenvalue weighted by atomic mass is 16.5. The Morgan fingerprint density at radius 3 is 1.89 bits per heavy atom. The van der Waals surface area contributed by atoms with E-state index in [2.05, 4.69) is 30.7 Å². The van der Waals surface area contributed by atoms with Crippen LogP contribution in [0.3, 0.4) is 0 Å². The van der Waals surface area contributed by atoms with Gasteiger partial charge in [-0.2, -0.15) is 0 Å². The average Bonchev–Trinajstić information content (AvgIpc) is 3.82. The Hall–Kier alpha value is -9.20. The van der Waals surface area contributed by atoms with Gasteiger partial charge in [-0.25, -0.2) is 19.9 Å². The van der Waals surface area contributed by atoms with E-state index in [0.29, 0.717) is 69.6 Å². The maximum atomic E-state index is 14.5. The number of aromatic nitrogens is 9. The molecule has 0 saturated heterocycles. The van der Waals surface area contributed by atoms with Gasteiger partial charge in [0.05, 0.1) is 39.2 Å². The van der Waals surface area contributed by atoms with Gasteiger partial charge in [0.2, 0.25) is 5.88 Å². The largest absolute Gasteiger partial charge is 0.493 e. The van der Waals surface area contributed by atoms with E-state index in [4.69, 9.17) is 33.7 Å². The lowest BCUT2D eigenvalue weighted by atomic mass is 10.1. The van der Waals surface area contributed by atoms with Crippen molar-refractivity contribution in [3.05, 3.63) is 170 Å². The SMILES string of the molecule is COc1ccc(CCn2c(CCNC(=O)c3cn(C)nc3OC)nc3ncc(COc4cc(CCn5c(CCNC(=O)c6cccc7ccncc67)nc6ncccc6c5=O)ccc4OC)cc3c2=O)cc1OC. The first-order valence-corrected chi connectivity index (χ1v) is 23.8. The zero-order chi connectivity index (χ0) is 51.7. The summed E-state index contributed by atoms with van der Waals surface area (Å²) >= 11 is 0. The molecule has 0 atom stereocenters. The van der Waals surface area contributed by atoms with E-state index in [1.54, 1.807) is 98.8 Å². The fourth-order valence-electron chi connectivity index (χ4n) is 8.73. The fraction of sp³-hybridized carbons (Fsp3) is 0.259. The standard InChI is InChI=1S/C54H53N11O9/c1-63-31-41(52(62-63)73-5)51(67)58-23-17-47-61-49-39(54(69)65(47)25-18-33-11-13-42(70-2)44(27-33)72-4)26-35(29-59-49)32-74-45-28-34(12-14-43(45)71-3)19-24-64-46(60-48-38(53(64)68)10-7-20-56-48)16-22-57-50(66)37-9-6-8-36-15-21-55-30-40(36)37/h6-15,20-21,26-31H,16-19,22-25,32H2,1-5H3,(H,57,66)(H,58,67). The quantitative estimate of drug-likeness (QED) is 0.0940. The second-order valence-corrected chi connectivity index (χ2v) is 17.2. The molecule has 378 valence electrons. The van der Waals surface area contributed by atoms with E-state index in [9.17, 15) is 19.2 Å². The molecule has 0 aliphatic heterocycles. The summed E-state index contributed by atoms with van der Waals surface area (Å²) in [5.41, 5.74) is 3.17. The number of nitrogens with one attached hydrogen (secondary N) is 2. The van der Waals surface area contributed by atoms with E-state index in [1.165, 1.54) is 11.8 Å². The van der Waals surface area contributed by atoms with Gasteiger partial charge in [0, 0.05) is 93.6 Å². The van der Waals surface area contributed by atoms with Crippen molar-refractivity contribution in [3.8, 4) is 28.9 Å². The molecule has 20 heteroatoms. The first kappa shape index (κ1) is 49.8. The van der Waals surface area contributed by atoms with Crippen molar-refractivity contribution in [2.24, 2.45) is 7.05 Å². The zero-order valence-corrected chi connectivity index (χ0v) is 41.5. The van der Waals surface area contributed by atoms with Crippen LogP contribution >= 0.6 is 0 Å². The third-order valence-corrected chi connectivity index (χ3v) is 12.5. The Balaban J connectivity index is 0.922. The highest BCUT2D eigenvalue weighted by molar-refractivity contribution is 6.06. The summed E-state index contributed by atoms with van der Waals surface area (Å²) in [6.45, 7) is 0.956. The van der Waals surface area contributed by atoms with Crippen molar-refractivity contribution in [1.29, 1.82) is 0 Å². The molecule has 0 spiro atoms. The molecule has 0 radical (unpaired) electrons. The van der Waals surface area contributed by atoms with Crippen molar-refractivity contribution >= 4 is 44.7 Å². The Morgan fingerprint density at radius 1 is 0.581 bits per heavy atom. The third kappa shape index (κ3) is 10.8. The number of carbonyl (C=O) groups is 2. The molecule has 0 aliphatic carbocycles. The number of fused-ring (bicyclic) bond motifs is 3. The van der Waals surface area contributed by atoms with Crippen LogP contribution < -0.4 is 45.4 Å². The average molecular weight is 1000 g/mol. The molecule has 0 saturated carbocycles. The van der Waals surface area contributed by atoms with E-state index < -0.39 is 0 Å². The Bertz CT molecular complexity index is 3660. The number of rotatable bonds is 21. The number of pyridine rings is 3. The second-order valence-electron chi connectivity index (χ2n) is 17.2. The number of carbonyl (C=O) groups excluding carboxylic acids is 2. The lowest BCUT2D eigenvalue weighted by Crippen LogP contribution is -2.31. The summed E-state index contributed by atoms with van der Waals surface area (Å²) in [6.07, 6.45) is 9.50. The normalized spacial score (nSPS) is 11.2. The second kappa shape index (κ2) is 22.5. The van der Waals surface area contributed by atoms with Crippen LogP contribution in [0.15, 0.2) is 119 Å². The molecule has 20 nitrogen and oxygen atoms in total. The maximum Gasteiger partial charge on any atom is 0.263 e. The molecule has 2 amide bonds. The Morgan fingerprint density at radius 2 is 1.22 bits per heavy atom. The van der Waals surface area contributed by atoms with Crippen LogP contribution in [0.1, 0.15) is 49.1 Å². The number of methoxy groups -OCH3 is 4. The predicted molar refractivity (Wildman–Crippen MR) is 275 cm³/mol. The highest BCUT2D eigenvalue weighted by Crippen LogP contribution is 2.30. The van der Waals surface area contributed by atoms with Crippen LogP contribution in [0.4, 0.5) is 0 Å². The summed E-state index contributed by atoms with van der Waals surface area (Å²) in [7, 11) is 7.82. The summed E-state index contributed by atoms with van der Waals surface area (Å²) < 4.78 is 33.0. The van der Waals surface area contributed by atoms with Crippen LogP contribution in [0, 0.1) is 0 Å². The molecule has 0 bridgehead atoms. The van der Waals surface area contributed by atoms with Crippen molar-refractivity contribution in [2.75, 3.05) is 41.5 Å². The summed E-state index contributed by atoms with van der Waals surface area (Å²) in [6, 6.07) is 23.6. The van der Waals surface area contributed by atoms with E-state index >= 15 is 0 Å². The van der Waals surface area contributed by atoms with Crippen molar-refractivity contribution in [3.63, 3.8) is 0 Å². The molecule has 2 N–H and O–H groups in total. The van der Waals surface area contributed by atoms with Crippen LogP contribution in [0.25, 0.3) is 32.8 Å². The third-order valence-electron chi connectivity index (χ3n) is 12.5. The van der Waals surface area contributed by atoms with Crippen LogP contribution in [-0.2, 0) is 52.4 Å². The van der Waals surface area contributed by atoms with E-state index in [0.717, 1.165) is 21.9 Å². The minimum absolute atomic E-state index is 0.0334. The minimum atomic E-state index is -0.379. The minimum Gasteiger partial charge on any atom is -0.493 e. The molecule has 9 rings (SSSR count). The van der Waals surface area contributed by atoms with Crippen LogP contribution in [0.5, 0.6) is 28.9 Å². The smallest absolute Gasteiger partial charge is 0.263 e. The van der Waals surface area contributed by atoms with Gasteiger partial charge in [-0.3, -0.25) is 38.0 Å². The topological polar surface area (TPSA) is 231 Å². The maximum absolute atomic E-state index is 14.5. The van der Waals surface area contributed by atoms with Crippen LogP contribution in [0.2, 0.25) is 0 Å². The number of nitrogens with zero attached hydrogens (tertiary/aromatic N) is 9. The molecule has 6 heterocycles. The number of aryl methyl sites for hydroxylation is 3. The van der Waals surface area contributed by atoms with Gasteiger partial charge in [-0.1, -0.05) is 24.3 Å². The van der Waals surface area contributed by atoms with E-state index in [1.807, 2.05) is 48.5 Å². The van der Waals surface area contributed by atoms with Gasteiger partial charge in [-0.05, 0) is 84.0 Å². The molecule has 6 aromatic heterocycles. The van der Waals surface area contributed by atoms with Gasteiger partial charge in [0.1, 0.15) is 23.8 Å². The number of ether oxygens (including phenoxy) is 5. The monoisotopic (exact) mass is 999 g/mol. The zero-order valence-electron chi connectivity index (χ0n) is 41.5. The summed E-state index contributed by atoms with van der Waals surface area (Å²) in [4.78, 5) is 77.7. The van der Waals surface area contributed by atoms with Gasteiger partial charge in [-0.15, -0.1) is 5.10 Å². The highest BCUT2D eigenvalue weighted by Gasteiger charge is 2.20. The van der Waals surface area contributed by atoms with Crippen LogP contribution in [-0.4, -0.2) is 97.2 Å². The molecular formula is C54H53N11O9. The van der Waals surface area contributed by atoms with Gasteiger partial charge < -0.3 is 34.3 Å². The Kier molecular flexibility index (Phi) is 15.1. The summed E-state index contributed by atoms with van der Waals surface area (Å²) in [5.74, 6) is 2.55. The van der Waals surface area contributed by atoms with Gasteiger partial charge in [0.25, 0.3) is 22.9 Å². The van der Waals surface area contributed by atoms with Crippen molar-refractivity contribution < 1.29 is 33.3 Å². The van der Waals surface area contributed by atoms with Gasteiger partial charge >= 0.3 is 0 Å². The lowest BCUT2D eigenvalue weighted by Gasteiger charge is -2.16. The molecule has 3 aromatic carbocycles. The lowest BCUT2D eigenvalue weighted by molar-refractivity contribution is 0.0944. The number of hydrogen-bond acceptors (Lipinski definition) is 15. The molecule has 0 unspecified atom stereocenters. The molecular weight excluding hydrogens is 947 g/mol. The van der Waals surface area contributed by atoms with Gasteiger partial charge in [0.15, 0.2) is 34.3 Å². The first-order chi connectivity index (χ1) is 36.0. The number of amides is 2. The molecule has 0 aliphatic rings. The predicted octanol–water partition coefficient (Wildman–Crippen LogP) is 5.22. The summed E-state index contributed by atoms with van der Waals surface area (Å²) in [5, 5.41) is 12.4. The first-order valence-electron chi connectivity index (χ1n) is 23.8. The molecule has 74 heavy (non-hydrogen) atoms. The number of hydrogen-bond donors (Lipinski definition) is 2. The van der Waals surface area contributed by atoms with E-state index in [-0.39, 0.29) is 91.0 Å². The molecule has 9 aromatic rings. The fourth-order valence-corrected chi connectivity index (χ4v) is 8.73. The molecule has 0 fully saturated rings. The Labute approximate surface area is 423 Å². The van der Waals surface area contributed by atoms with Crippen molar-refractivity contribution in [2.45, 2.75) is 45.4 Å². The number of benzene rings is 3.